The van der Waals surface area contributed by atoms with Crippen LogP contribution in [0.15, 0.2) is 40.1 Å². The van der Waals surface area contributed by atoms with Gasteiger partial charge >= 0.3 is 5.69 Å². The van der Waals surface area contributed by atoms with Crippen LogP contribution in [0.1, 0.15) is 23.6 Å². The maximum atomic E-state index is 12.3. The molecule has 26 heavy (non-hydrogen) atoms. The van der Waals surface area contributed by atoms with Crippen LogP contribution >= 0.6 is 0 Å². The molecule has 0 saturated carbocycles. The van der Waals surface area contributed by atoms with Crippen LogP contribution in [-0.2, 0) is 18.4 Å². The Hall–Kier alpha value is -2.89. The van der Waals surface area contributed by atoms with E-state index in [0.29, 0.717) is 6.42 Å². The summed E-state index contributed by atoms with van der Waals surface area (Å²) in [6, 6.07) is 9.63. The molecular formula is C18H20N4O4. The highest BCUT2D eigenvalue weighted by atomic mass is 16.7. The third-order valence-electron chi connectivity index (χ3n) is 4.61. The molecule has 0 amide bonds. The summed E-state index contributed by atoms with van der Waals surface area (Å²) in [4.78, 5) is 30.0. The maximum Gasteiger partial charge on any atom is 0.330 e. The van der Waals surface area contributed by atoms with Gasteiger partial charge in [-0.2, -0.15) is 10.3 Å². The molecule has 1 fully saturated rings. The van der Waals surface area contributed by atoms with Gasteiger partial charge in [-0.15, -0.1) is 0 Å². The third kappa shape index (κ3) is 3.27. The Labute approximate surface area is 150 Å². The van der Waals surface area contributed by atoms with Gasteiger partial charge in [-0.05, 0) is 24.1 Å². The molecule has 2 atom stereocenters. The average molecular weight is 356 g/mol. The number of aromatic nitrogens is 2. The van der Waals surface area contributed by atoms with Gasteiger partial charge in [-0.25, -0.2) is 4.79 Å². The molecule has 0 radical (unpaired) electrons. The summed E-state index contributed by atoms with van der Waals surface area (Å²) in [6.45, 7) is 0.263. The summed E-state index contributed by atoms with van der Waals surface area (Å²) in [5, 5.41) is 10.8. The number of methoxy groups -OCH3 is 1. The van der Waals surface area contributed by atoms with Crippen molar-refractivity contribution in [1.82, 2.24) is 14.2 Å². The number of ether oxygens (including phenoxy) is 1. The van der Waals surface area contributed by atoms with Crippen LogP contribution in [-0.4, -0.2) is 34.5 Å². The zero-order valence-corrected chi connectivity index (χ0v) is 14.9. The fourth-order valence-corrected chi connectivity index (χ4v) is 3.18. The van der Waals surface area contributed by atoms with E-state index in [1.165, 1.54) is 17.8 Å². The highest BCUT2D eigenvalue weighted by Crippen LogP contribution is 2.33. The number of hydrogen-bond donors (Lipinski definition) is 0. The molecule has 0 aliphatic carbocycles. The fourth-order valence-electron chi connectivity index (χ4n) is 3.18. The van der Waals surface area contributed by atoms with Gasteiger partial charge in [0.25, 0.3) is 5.56 Å². The smallest absolute Gasteiger partial charge is 0.330 e. The minimum atomic E-state index is -0.589. The van der Waals surface area contributed by atoms with Crippen molar-refractivity contribution in [2.75, 3.05) is 14.2 Å². The molecule has 0 N–H and O–H groups in total. The summed E-state index contributed by atoms with van der Waals surface area (Å²) in [5.74, 6) is 0.785. The third-order valence-corrected chi connectivity index (χ3v) is 4.61. The summed E-state index contributed by atoms with van der Waals surface area (Å²) in [5.41, 5.74) is -0.0334. The molecule has 8 nitrogen and oxygen atoms in total. The molecule has 1 aromatic carbocycles. The van der Waals surface area contributed by atoms with Crippen molar-refractivity contribution in [2.24, 2.45) is 7.05 Å². The highest BCUT2D eigenvalue weighted by Gasteiger charge is 2.32. The predicted octanol–water partition coefficient (Wildman–Crippen LogP) is 0.804. The Morgan fingerprint density at radius 3 is 2.58 bits per heavy atom. The topological polar surface area (TPSA) is 89.5 Å². The Bertz CT molecular complexity index is 955. The lowest BCUT2D eigenvalue weighted by Gasteiger charge is -2.18. The van der Waals surface area contributed by atoms with Crippen molar-refractivity contribution in [3.8, 4) is 11.8 Å². The summed E-state index contributed by atoms with van der Waals surface area (Å²) in [6.07, 6.45) is 1.74. The number of rotatable bonds is 4. The lowest BCUT2D eigenvalue weighted by atomic mass is 10.0. The monoisotopic (exact) mass is 356 g/mol. The summed E-state index contributed by atoms with van der Waals surface area (Å²) in [7, 11) is 4.83. The van der Waals surface area contributed by atoms with E-state index in [-0.39, 0.29) is 24.3 Å². The van der Waals surface area contributed by atoms with Crippen LogP contribution < -0.4 is 16.0 Å². The number of hydroxylamine groups is 2. The summed E-state index contributed by atoms with van der Waals surface area (Å²) < 4.78 is 7.48. The molecule has 136 valence electrons. The van der Waals surface area contributed by atoms with Gasteiger partial charge in [0.1, 0.15) is 17.4 Å². The van der Waals surface area contributed by atoms with E-state index in [2.05, 4.69) is 0 Å². The first-order valence-corrected chi connectivity index (χ1v) is 8.18. The lowest BCUT2D eigenvalue weighted by molar-refractivity contribution is -0.147. The molecule has 1 aliphatic heterocycles. The van der Waals surface area contributed by atoms with Crippen LogP contribution in [0.2, 0.25) is 0 Å². The van der Waals surface area contributed by atoms with E-state index >= 15 is 0 Å². The first-order valence-electron chi connectivity index (χ1n) is 8.18. The number of nitrogens with zero attached hydrogens (tertiary/aromatic N) is 4. The van der Waals surface area contributed by atoms with E-state index in [1.807, 2.05) is 37.4 Å². The van der Waals surface area contributed by atoms with Gasteiger partial charge < -0.3 is 4.74 Å². The molecule has 0 spiro atoms. The van der Waals surface area contributed by atoms with Gasteiger partial charge in [0, 0.05) is 20.3 Å². The van der Waals surface area contributed by atoms with Gasteiger partial charge in [0.05, 0.1) is 25.8 Å². The normalized spacial score (nSPS) is 20.1. The Morgan fingerprint density at radius 1 is 1.27 bits per heavy atom. The largest absolute Gasteiger partial charge is 0.497 e. The quantitative estimate of drug-likeness (QED) is 0.805. The van der Waals surface area contributed by atoms with Crippen LogP contribution in [0.3, 0.4) is 0 Å². The van der Waals surface area contributed by atoms with E-state index in [9.17, 15) is 9.59 Å². The second-order valence-electron chi connectivity index (χ2n) is 6.25. The van der Waals surface area contributed by atoms with Crippen LogP contribution in [0.4, 0.5) is 0 Å². The summed E-state index contributed by atoms with van der Waals surface area (Å²) >= 11 is 0. The minimum absolute atomic E-state index is 0.0459. The van der Waals surface area contributed by atoms with Crippen molar-refractivity contribution in [2.45, 2.75) is 25.1 Å². The zero-order valence-electron chi connectivity index (χ0n) is 14.9. The lowest BCUT2D eigenvalue weighted by Crippen LogP contribution is -2.40. The Balaban J connectivity index is 1.80. The van der Waals surface area contributed by atoms with E-state index in [4.69, 9.17) is 14.8 Å². The van der Waals surface area contributed by atoms with Crippen molar-refractivity contribution in [3.63, 3.8) is 0 Å². The van der Waals surface area contributed by atoms with E-state index < -0.39 is 11.2 Å². The molecule has 1 aromatic heterocycles. The first-order chi connectivity index (χ1) is 12.4. The van der Waals surface area contributed by atoms with Crippen molar-refractivity contribution >= 4 is 0 Å². The molecule has 3 rings (SSSR count). The van der Waals surface area contributed by atoms with E-state index in [1.54, 1.807) is 12.2 Å². The number of benzene rings is 1. The molecule has 0 bridgehead atoms. The molecule has 1 saturated heterocycles. The fraction of sp³-hybridized carbons (Fsp3) is 0.389. The average Bonchev–Trinajstić information content (AvgIpc) is 3.02. The van der Waals surface area contributed by atoms with Crippen LogP contribution in [0, 0.1) is 11.3 Å². The zero-order chi connectivity index (χ0) is 18.8. The van der Waals surface area contributed by atoms with Crippen molar-refractivity contribution < 1.29 is 9.57 Å². The highest BCUT2D eigenvalue weighted by molar-refractivity contribution is 5.29. The SMILES string of the molecule is COc1ccc([C@H]2C[C@H](Cn3cc(C#N)c(=O)n(C)c3=O)ON2C)cc1. The Morgan fingerprint density at radius 2 is 1.96 bits per heavy atom. The van der Waals surface area contributed by atoms with Crippen LogP contribution in [0.25, 0.3) is 0 Å². The Kier molecular flexibility index (Phi) is 4.93. The van der Waals surface area contributed by atoms with Gasteiger partial charge in [0.2, 0.25) is 0 Å². The number of nitriles is 1. The second kappa shape index (κ2) is 7.15. The van der Waals surface area contributed by atoms with Crippen molar-refractivity contribution in [1.29, 1.82) is 5.26 Å². The van der Waals surface area contributed by atoms with Gasteiger partial charge in [0.15, 0.2) is 0 Å². The molecular weight excluding hydrogens is 336 g/mol. The standard InChI is InChI=1S/C18H20N4O4/c1-20-17(23)13(9-19)10-22(18(20)24)11-15-8-16(21(2)26-15)12-4-6-14(25-3)7-5-12/h4-7,10,15-16H,8,11H2,1-3H3/t15-,16-/m1/s1. The second-order valence-corrected chi connectivity index (χ2v) is 6.25. The molecule has 8 heteroatoms. The first kappa shape index (κ1) is 17.9. The molecule has 0 unspecified atom stereocenters. The van der Waals surface area contributed by atoms with Crippen LogP contribution in [0.5, 0.6) is 5.75 Å². The molecule has 1 aliphatic rings. The maximum absolute atomic E-state index is 12.3. The van der Waals surface area contributed by atoms with Gasteiger partial charge in [-0.1, -0.05) is 12.1 Å². The number of hydrogen-bond acceptors (Lipinski definition) is 6. The molecule has 2 heterocycles. The minimum Gasteiger partial charge on any atom is -0.497 e. The predicted molar refractivity (Wildman–Crippen MR) is 93.6 cm³/mol. The van der Waals surface area contributed by atoms with Gasteiger partial charge in [-0.3, -0.25) is 18.8 Å². The van der Waals surface area contributed by atoms with E-state index in [0.717, 1.165) is 15.9 Å². The molecule has 2 aromatic rings. The van der Waals surface area contributed by atoms with Crippen molar-refractivity contribution in [3.05, 3.63) is 62.4 Å².